The minimum absolute atomic E-state index is 0.934. The largest absolute Gasteiger partial charge is 0.314 e. The number of piperazine rings is 1. The van der Waals surface area contributed by atoms with Crippen molar-refractivity contribution in [2.45, 2.75) is 20.4 Å². The van der Waals surface area contributed by atoms with Crippen LogP contribution in [0.1, 0.15) is 16.7 Å². The van der Waals surface area contributed by atoms with Crippen LogP contribution in [0, 0.1) is 13.8 Å². The highest BCUT2D eigenvalue weighted by Crippen LogP contribution is 2.23. The third-order valence-corrected chi connectivity index (χ3v) is 3.62. The van der Waals surface area contributed by atoms with Crippen molar-refractivity contribution in [3.05, 3.63) is 33.8 Å². The molecule has 1 saturated heterocycles. The summed E-state index contributed by atoms with van der Waals surface area (Å²) in [5, 5.41) is 4.30. The minimum atomic E-state index is 0.934. The first-order valence-corrected chi connectivity index (χ1v) is 6.23. The van der Waals surface area contributed by atoms with E-state index in [0.29, 0.717) is 0 Å². The van der Waals surface area contributed by atoms with E-state index in [0.717, 1.165) is 37.7 Å². The summed E-state index contributed by atoms with van der Waals surface area (Å²) < 4.78 is 0. The van der Waals surface area contributed by atoms with E-state index >= 15 is 0 Å². The molecule has 0 unspecified atom stereocenters. The molecule has 0 spiro atoms. The van der Waals surface area contributed by atoms with Gasteiger partial charge in [0.2, 0.25) is 0 Å². The molecule has 0 aromatic heterocycles. The molecule has 1 heterocycles. The van der Waals surface area contributed by atoms with Crippen LogP contribution in [0.25, 0.3) is 0 Å². The fourth-order valence-electron chi connectivity index (χ4n) is 2.26. The van der Waals surface area contributed by atoms with Crippen molar-refractivity contribution >= 4 is 11.6 Å². The molecule has 0 aliphatic carbocycles. The molecule has 0 saturated carbocycles. The zero-order valence-electron chi connectivity index (χ0n) is 10.0. The maximum atomic E-state index is 6.34. The molecule has 0 bridgehead atoms. The molecule has 1 aromatic carbocycles. The molecule has 1 aliphatic heterocycles. The monoisotopic (exact) mass is 238 g/mol. The van der Waals surface area contributed by atoms with Crippen molar-refractivity contribution in [3.8, 4) is 0 Å². The van der Waals surface area contributed by atoms with Crippen molar-refractivity contribution in [1.82, 2.24) is 10.2 Å². The quantitative estimate of drug-likeness (QED) is 0.851. The molecule has 0 atom stereocenters. The second-order valence-corrected chi connectivity index (χ2v) is 4.96. The molecule has 2 rings (SSSR count). The summed E-state index contributed by atoms with van der Waals surface area (Å²) in [6, 6.07) is 4.35. The van der Waals surface area contributed by atoms with E-state index in [4.69, 9.17) is 11.6 Å². The lowest BCUT2D eigenvalue weighted by atomic mass is 10.1. The normalized spacial score (nSPS) is 17.7. The van der Waals surface area contributed by atoms with Gasteiger partial charge < -0.3 is 5.32 Å². The van der Waals surface area contributed by atoms with Gasteiger partial charge in [-0.1, -0.05) is 29.3 Å². The van der Waals surface area contributed by atoms with E-state index in [1.807, 2.05) is 0 Å². The number of aryl methyl sites for hydroxylation is 2. The Morgan fingerprint density at radius 1 is 1.25 bits per heavy atom. The van der Waals surface area contributed by atoms with Gasteiger partial charge >= 0.3 is 0 Å². The third kappa shape index (κ3) is 2.76. The van der Waals surface area contributed by atoms with Gasteiger partial charge in [-0.2, -0.15) is 0 Å². The van der Waals surface area contributed by atoms with Crippen molar-refractivity contribution in [3.63, 3.8) is 0 Å². The Morgan fingerprint density at radius 3 is 2.62 bits per heavy atom. The first-order valence-electron chi connectivity index (χ1n) is 5.85. The van der Waals surface area contributed by atoms with Gasteiger partial charge in [-0.15, -0.1) is 0 Å². The Kier molecular flexibility index (Phi) is 3.85. The fourth-order valence-corrected chi connectivity index (χ4v) is 2.43. The molecule has 1 aliphatic rings. The van der Waals surface area contributed by atoms with Crippen LogP contribution < -0.4 is 5.32 Å². The summed E-state index contributed by atoms with van der Waals surface area (Å²) >= 11 is 6.34. The van der Waals surface area contributed by atoms with E-state index in [1.165, 1.54) is 16.7 Å². The molecular formula is C13H19ClN2. The number of nitrogens with zero attached hydrogens (tertiary/aromatic N) is 1. The number of nitrogens with one attached hydrogen (secondary N) is 1. The molecular weight excluding hydrogens is 220 g/mol. The molecule has 88 valence electrons. The zero-order valence-corrected chi connectivity index (χ0v) is 10.8. The second kappa shape index (κ2) is 5.17. The first-order chi connectivity index (χ1) is 7.66. The molecule has 1 fully saturated rings. The Bertz CT molecular complexity index is 370. The van der Waals surface area contributed by atoms with E-state index in [9.17, 15) is 0 Å². The summed E-state index contributed by atoms with van der Waals surface area (Å²) in [4.78, 5) is 2.45. The average Bonchev–Trinajstić information content (AvgIpc) is 2.27. The molecule has 0 amide bonds. The van der Waals surface area contributed by atoms with E-state index in [1.54, 1.807) is 0 Å². The van der Waals surface area contributed by atoms with Crippen LogP contribution in [0.4, 0.5) is 0 Å². The van der Waals surface area contributed by atoms with Gasteiger partial charge in [0, 0.05) is 37.7 Å². The SMILES string of the molecule is Cc1cc(C)c(Cl)c(CN2CCNCC2)c1. The molecule has 0 radical (unpaired) electrons. The van der Waals surface area contributed by atoms with Crippen LogP contribution in [0.5, 0.6) is 0 Å². The molecule has 3 heteroatoms. The highest BCUT2D eigenvalue weighted by Gasteiger charge is 2.12. The van der Waals surface area contributed by atoms with Crippen LogP contribution in [0.15, 0.2) is 12.1 Å². The van der Waals surface area contributed by atoms with Gasteiger partial charge in [0.05, 0.1) is 0 Å². The molecule has 2 nitrogen and oxygen atoms in total. The molecule has 1 aromatic rings. The first kappa shape index (κ1) is 11.9. The van der Waals surface area contributed by atoms with Crippen molar-refractivity contribution in [2.75, 3.05) is 26.2 Å². The topological polar surface area (TPSA) is 15.3 Å². The fraction of sp³-hybridized carbons (Fsp3) is 0.538. The number of hydrogen-bond donors (Lipinski definition) is 1. The Labute approximate surface area is 103 Å². The molecule has 1 N–H and O–H groups in total. The average molecular weight is 239 g/mol. The van der Waals surface area contributed by atoms with Gasteiger partial charge in [-0.25, -0.2) is 0 Å². The lowest BCUT2D eigenvalue weighted by Crippen LogP contribution is -2.42. The smallest absolute Gasteiger partial charge is 0.0480 e. The summed E-state index contributed by atoms with van der Waals surface area (Å²) in [5.41, 5.74) is 3.75. The maximum absolute atomic E-state index is 6.34. The second-order valence-electron chi connectivity index (χ2n) is 4.58. The zero-order chi connectivity index (χ0) is 11.5. The van der Waals surface area contributed by atoms with E-state index in [-0.39, 0.29) is 0 Å². The summed E-state index contributed by atoms with van der Waals surface area (Å²) in [6.45, 7) is 9.59. The van der Waals surface area contributed by atoms with Gasteiger partial charge in [-0.3, -0.25) is 4.90 Å². The lowest BCUT2D eigenvalue weighted by molar-refractivity contribution is 0.233. The van der Waals surface area contributed by atoms with Crippen LogP contribution in [-0.2, 0) is 6.54 Å². The van der Waals surface area contributed by atoms with Gasteiger partial charge in [0.1, 0.15) is 0 Å². The van der Waals surface area contributed by atoms with Crippen molar-refractivity contribution < 1.29 is 0 Å². The third-order valence-electron chi connectivity index (χ3n) is 3.08. The van der Waals surface area contributed by atoms with Gasteiger partial charge in [-0.05, 0) is 25.0 Å². The number of rotatable bonds is 2. The predicted molar refractivity (Wildman–Crippen MR) is 69.1 cm³/mol. The summed E-state index contributed by atoms with van der Waals surface area (Å²) in [6.07, 6.45) is 0. The van der Waals surface area contributed by atoms with Crippen molar-refractivity contribution in [1.29, 1.82) is 0 Å². The predicted octanol–water partition coefficient (Wildman–Crippen LogP) is 2.36. The Morgan fingerprint density at radius 2 is 1.94 bits per heavy atom. The van der Waals surface area contributed by atoms with Crippen LogP contribution in [0.2, 0.25) is 5.02 Å². The number of benzene rings is 1. The van der Waals surface area contributed by atoms with E-state index in [2.05, 4.69) is 36.2 Å². The summed E-state index contributed by atoms with van der Waals surface area (Å²) in [5.74, 6) is 0. The van der Waals surface area contributed by atoms with Crippen LogP contribution in [0.3, 0.4) is 0 Å². The molecule has 16 heavy (non-hydrogen) atoms. The Hall–Kier alpha value is -0.570. The highest BCUT2D eigenvalue weighted by atomic mass is 35.5. The van der Waals surface area contributed by atoms with Gasteiger partial charge in [0.25, 0.3) is 0 Å². The van der Waals surface area contributed by atoms with E-state index < -0.39 is 0 Å². The van der Waals surface area contributed by atoms with Crippen LogP contribution in [-0.4, -0.2) is 31.1 Å². The minimum Gasteiger partial charge on any atom is -0.314 e. The Balaban J connectivity index is 2.13. The summed E-state index contributed by atoms with van der Waals surface area (Å²) in [7, 11) is 0. The number of hydrogen-bond acceptors (Lipinski definition) is 2. The lowest BCUT2D eigenvalue weighted by Gasteiger charge is -2.27. The van der Waals surface area contributed by atoms with Gasteiger partial charge in [0.15, 0.2) is 0 Å². The number of halogens is 1. The standard InChI is InChI=1S/C13H19ClN2/c1-10-7-11(2)13(14)12(8-10)9-16-5-3-15-4-6-16/h7-8,15H,3-6,9H2,1-2H3. The highest BCUT2D eigenvalue weighted by molar-refractivity contribution is 6.32. The maximum Gasteiger partial charge on any atom is 0.0480 e. The van der Waals surface area contributed by atoms with Crippen molar-refractivity contribution in [2.24, 2.45) is 0 Å². The van der Waals surface area contributed by atoms with Crippen LogP contribution >= 0.6 is 11.6 Å².